The minimum Gasteiger partial charge on any atom is -0.340 e. The smallest absolute Gasteiger partial charge is 0.222 e. The van der Waals surface area contributed by atoms with Crippen molar-refractivity contribution < 1.29 is 9.59 Å². The van der Waals surface area contributed by atoms with E-state index >= 15 is 0 Å². The van der Waals surface area contributed by atoms with Crippen LogP contribution in [0.25, 0.3) is 0 Å². The van der Waals surface area contributed by atoms with Crippen molar-refractivity contribution in [3.63, 3.8) is 0 Å². The van der Waals surface area contributed by atoms with Gasteiger partial charge in [0.05, 0.1) is 0 Å². The molecule has 114 valence electrons. The third-order valence-corrected chi connectivity index (χ3v) is 4.66. The molecule has 1 aliphatic heterocycles. The first kappa shape index (κ1) is 16.2. The van der Waals surface area contributed by atoms with E-state index in [0.717, 1.165) is 35.8 Å². The zero-order chi connectivity index (χ0) is 15.2. The molecule has 1 unspecified atom stereocenters. The maximum Gasteiger partial charge on any atom is 0.222 e. The molecule has 1 heterocycles. The van der Waals surface area contributed by atoms with Gasteiger partial charge in [-0.05, 0) is 37.8 Å². The van der Waals surface area contributed by atoms with Gasteiger partial charge in [-0.25, -0.2) is 0 Å². The minimum absolute atomic E-state index is 0.115. The fourth-order valence-corrected chi connectivity index (χ4v) is 3.18. The number of nitrogens with zero attached hydrogens (tertiary/aromatic N) is 1. The van der Waals surface area contributed by atoms with Crippen molar-refractivity contribution in [3.05, 3.63) is 34.3 Å². The lowest BCUT2D eigenvalue weighted by Crippen LogP contribution is -2.34. The Morgan fingerprint density at radius 1 is 1.24 bits per heavy atom. The molecular weight excluding hydrogens is 330 g/mol. The number of rotatable bonds is 6. The van der Waals surface area contributed by atoms with Crippen LogP contribution in [-0.4, -0.2) is 29.2 Å². The predicted molar refractivity (Wildman–Crippen MR) is 87.3 cm³/mol. The largest absolute Gasteiger partial charge is 0.340 e. The van der Waals surface area contributed by atoms with Crippen LogP contribution in [0.15, 0.2) is 28.7 Å². The number of ketones is 1. The number of halogens is 1. The van der Waals surface area contributed by atoms with E-state index in [9.17, 15) is 9.59 Å². The summed E-state index contributed by atoms with van der Waals surface area (Å²) in [6.07, 6.45) is 4.84. The van der Waals surface area contributed by atoms with E-state index in [1.165, 1.54) is 0 Å². The van der Waals surface area contributed by atoms with Crippen LogP contribution in [0.2, 0.25) is 0 Å². The van der Waals surface area contributed by atoms with Crippen molar-refractivity contribution in [1.29, 1.82) is 0 Å². The van der Waals surface area contributed by atoms with Crippen LogP contribution in [0.3, 0.4) is 0 Å². The number of likely N-dealkylation sites (tertiary alicyclic amines) is 1. The normalized spacial score (nSPS) is 18.0. The van der Waals surface area contributed by atoms with Crippen LogP contribution in [0.4, 0.5) is 0 Å². The molecule has 0 aliphatic carbocycles. The first-order valence-electron chi connectivity index (χ1n) is 7.70. The Morgan fingerprint density at radius 3 is 2.62 bits per heavy atom. The molecule has 21 heavy (non-hydrogen) atoms. The molecule has 3 nitrogen and oxygen atoms in total. The molecule has 1 saturated heterocycles. The van der Waals surface area contributed by atoms with E-state index in [-0.39, 0.29) is 11.7 Å². The topological polar surface area (TPSA) is 37.4 Å². The second kappa shape index (κ2) is 7.74. The van der Waals surface area contributed by atoms with Crippen LogP contribution >= 0.6 is 15.9 Å². The third kappa shape index (κ3) is 4.40. The number of carbonyl (C=O) groups is 2. The summed E-state index contributed by atoms with van der Waals surface area (Å²) in [5.74, 6) is 0.326. The van der Waals surface area contributed by atoms with Crippen molar-refractivity contribution in [2.75, 3.05) is 6.54 Å². The SMILES string of the molecule is CCC1CCCN1C(=O)CCCC(=O)c1ccc(Br)cc1. The summed E-state index contributed by atoms with van der Waals surface area (Å²) in [5, 5.41) is 0. The molecule has 1 amide bonds. The highest BCUT2D eigenvalue weighted by molar-refractivity contribution is 9.10. The lowest BCUT2D eigenvalue weighted by Gasteiger charge is -2.23. The first-order valence-corrected chi connectivity index (χ1v) is 8.49. The standard InChI is InChI=1S/C17H22BrNO2/c1-2-15-5-4-12-19(15)17(21)7-3-6-16(20)13-8-10-14(18)11-9-13/h8-11,15H,2-7,12H2,1H3. The van der Waals surface area contributed by atoms with Crippen molar-refractivity contribution >= 4 is 27.6 Å². The second-order valence-electron chi connectivity index (χ2n) is 5.58. The van der Waals surface area contributed by atoms with Crippen LogP contribution in [0.1, 0.15) is 55.8 Å². The molecule has 0 aromatic heterocycles. The lowest BCUT2D eigenvalue weighted by molar-refractivity contribution is -0.132. The Morgan fingerprint density at radius 2 is 1.95 bits per heavy atom. The molecule has 0 N–H and O–H groups in total. The Kier molecular flexibility index (Phi) is 5.97. The number of hydrogen-bond acceptors (Lipinski definition) is 2. The maximum absolute atomic E-state index is 12.2. The van der Waals surface area contributed by atoms with Crippen LogP contribution in [0.5, 0.6) is 0 Å². The number of amides is 1. The highest BCUT2D eigenvalue weighted by atomic mass is 79.9. The summed E-state index contributed by atoms with van der Waals surface area (Å²) in [7, 11) is 0. The van der Waals surface area contributed by atoms with E-state index < -0.39 is 0 Å². The van der Waals surface area contributed by atoms with Crippen LogP contribution < -0.4 is 0 Å². The quantitative estimate of drug-likeness (QED) is 0.720. The molecule has 0 spiro atoms. The molecule has 4 heteroatoms. The van der Waals surface area contributed by atoms with E-state index in [1.54, 1.807) is 0 Å². The summed E-state index contributed by atoms with van der Waals surface area (Å²) >= 11 is 3.35. The average molecular weight is 352 g/mol. The van der Waals surface area contributed by atoms with Gasteiger partial charge in [-0.15, -0.1) is 0 Å². The highest BCUT2D eigenvalue weighted by Gasteiger charge is 2.26. The molecule has 0 saturated carbocycles. The van der Waals surface area contributed by atoms with Gasteiger partial charge >= 0.3 is 0 Å². The Balaban J connectivity index is 1.77. The van der Waals surface area contributed by atoms with Gasteiger partial charge in [0.2, 0.25) is 5.91 Å². The average Bonchev–Trinajstić information content (AvgIpc) is 2.96. The Labute approximate surface area is 134 Å². The van der Waals surface area contributed by atoms with Crippen LogP contribution in [0, 0.1) is 0 Å². The summed E-state index contributed by atoms with van der Waals surface area (Å²) in [4.78, 5) is 26.2. The lowest BCUT2D eigenvalue weighted by atomic mass is 10.1. The first-order chi connectivity index (χ1) is 10.1. The minimum atomic E-state index is 0.115. The molecule has 1 atom stereocenters. The number of benzene rings is 1. The van der Waals surface area contributed by atoms with Gasteiger partial charge in [0.1, 0.15) is 0 Å². The van der Waals surface area contributed by atoms with E-state index in [0.29, 0.717) is 25.3 Å². The Hall–Kier alpha value is -1.16. The van der Waals surface area contributed by atoms with E-state index in [4.69, 9.17) is 0 Å². The fraction of sp³-hybridized carbons (Fsp3) is 0.529. The molecule has 2 rings (SSSR count). The molecule has 1 aromatic rings. The number of Topliss-reactive ketones (excluding diaryl/α,β-unsaturated/α-hetero) is 1. The van der Waals surface area contributed by atoms with Crippen molar-refractivity contribution in [3.8, 4) is 0 Å². The van der Waals surface area contributed by atoms with E-state index in [1.807, 2.05) is 29.2 Å². The molecule has 1 aromatic carbocycles. The number of hydrogen-bond donors (Lipinski definition) is 0. The molecule has 0 radical (unpaired) electrons. The molecule has 1 aliphatic rings. The molecule has 1 fully saturated rings. The van der Waals surface area contributed by atoms with Crippen molar-refractivity contribution in [1.82, 2.24) is 4.90 Å². The Bertz CT molecular complexity index is 498. The van der Waals surface area contributed by atoms with Gasteiger partial charge in [-0.2, -0.15) is 0 Å². The predicted octanol–water partition coefficient (Wildman–Crippen LogP) is 4.20. The monoisotopic (exact) mass is 351 g/mol. The summed E-state index contributed by atoms with van der Waals surface area (Å²) in [6.45, 7) is 3.02. The van der Waals surface area contributed by atoms with Gasteiger partial charge in [0.25, 0.3) is 0 Å². The second-order valence-corrected chi connectivity index (χ2v) is 6.49. The van der Waals surface area contributed by atoms with Gasteiger partial charge in [0, 0.05) is 35.5 Å². The third-order valence-electron chi connectivity index (χ3n) is 4.13. The van der Waals surface area contributed by atoms with Gasteiger partial charge in [-0.1, -0.05) is 35.0 Å². The van der Waals surface area contributed by atoms with Crippen molar-refractivity contribution in [2.45, 2.75) is 51.5 Å². The van der Waals surface area contributed by atoms with Gasteiger partial charge < -0.3 is 4.90 Å². The summed E-state index contributed by atoms with van der Waals surface area (Å²) < 4.78 is 0.967. The molecule has 0 bridgehead atoms. The molecular formula is C17H22BrNO2. The summed E-state index contributed by atoms with van der Waals surface area (Å²) in [5.41, 5.74) is 0.721. The zero-order valence-corrected chi connectivity index (χ0v) is 14.1. The fourth-order valence-electron chi connectivity index (χ4n) is 2.91. The number of carbonyl (C=O) groups excluding carboxylic acids is 2. The van der Waals surface area contributed by atoms with E-state index in [2.05, 4.69) is 22.9 Å². The highest BCUT2D eigenvalue weighted by Crippen LogP contribution is 2.21. The zero-order valence-electron chi connectivity index (χ0n) is 12.5. The van der Waals surface area contributed by atoms with Gasteiger partial charge in [-0.3, -0.25) is 9.59 Å². The van der Waals surface area contributed by atoms with Crippen molar-refractivity contribution in [2.24, 2.45) is 0 Å². The maximum atomic E-state index is 12.2. The van der Waals surface area contributed by atoms with Crippen LogP contribution in [-0.2, 0) is 4.79 Å². The summed E-state index contributed by atoms with van der Waals surface area (Å²) in [6, 6.07) is 7.80. The van der Waals surface area contributed by atoms with Gasteiger partial charge in [0.15, 0.2) is 5.78 Å².